The monoisotopic (exact) mass is 357 g/mol. The van der Waals surface area contributed by atoms with E-state index in [4.69, 9.17) is 18.6 Å². The summed E-state index contributed by atoms with van der Waals surface area (Å²) < 4.78 is 21.5. The van der Waals surface area contributed by atoms with Gasteiger partial charge in [0.2, 0.25) is 11.5 Å². The van der Waals surface area contributed by atoms with Crippen molar-refractivity contribution in [1.82, 2.24) is 0 Å². The minimum absolute atomic E-state index is 0.135. The van der Waals surface area contributed by atoms with Gasteiger partial charge in [0.1, 0.15) is 5.58 Å². The first-order chi connectivity index (χ1) is 12.5. The van der Waals surface area contributed by atoms with Crippen LogP contribution in [0.4, 0.5) is 5.69 Å². The second-order valence-electron chi connectivity index (χ2n) is 5.28. The summed E-state index contributed by atoms with van der Waals surface area (Å²) >= 11 is 0. The van der Waals surface area contributed by atoms with Gasteiger partial charge < -0.3 is 18.6 Å². The molecule has 0 radical (unpaired) electrons. The SMILES string of the molecule is COc1cc(-c2oc3ccccc3c(=O)c2[N+](=O)[O-])cc(OC)c1OC. The molecule has 26 heavy (non-hydrogen) atoms. The van der Waals surface area contributed by atoms with Crippen molar-refractivity contribution in [2.24, 2.45) is 0 Å². The van der Waals surface area contributed by atoms with Crippen molar-refractivity contribution < 1.29 is 23.6 Å². The summed E-state index contributed by atoms with van der Waals surface area (Å²) in [5.41, 5.74) is -0.875. The lowest BCUT2D eigenvalue weighted by Gasteiger charge is -2.14. The van der Waals surface area contributed by atoms with Gasteiger partial charge in [0.05, 0.1) is 31.6 Å². The summed E-state index contributed by atoms with van der Waals surface area (Å²) in [4.78, 5) is 23.4. The molecule has 0 aliphatic heterocycles. The molecule has 0 fully saturated rings. The van der Waals surface area contributed by atoms with E-state index in [2.05, 4.69) is 0 Å². The fourth-order valence-corrected chi connectivity index (χ4v) is 2.71. The van der Waals surface area contributed by atoms with Gasteiger partial charge in [-0.25, -0.2) is 0 Å². The van der Waals surface area contributed by atoms with E-state index in [9.17, 15) is 14.9 Å². The van der Waals surface area contributed by atoms with Crippen LogP contribution in [-0.2, 0) is 0 Å². The van der Waals surface area contributed by atoms with Crippen LogP contribution in [0.5, 0.6) is 17.2 Å². The van der Waals surface area contributed by atoms with E-state index < -0.39 is 16.0 Å². The van der Waals surface area contributed by atoms with Crippen LogP contribution in [0, 0.1) is 10.1 Å². The van der Waals surface area contributed by atoms with E-state index in [1.807, 2.05) is 0 Å². The van der Waals surface area contributed by atoms with Gasteiger partial charge in [-0.1, -0.05) is 12.1 Å². The molecule has 0 N–H and O–H groups in total. The molecule has 0 spiro atoms. The number of para-hydroxylation sites is 1. The number of nitro groups is 1. The van der Waals surface area contributed by atoms with E-state index in [0.717, 1.165) is 0 Å². The zero-order chi connectivity index (χ0) is 18.8. The molecule has 0 aliphatic carbocycles. The Kier molecular flexibility index (Phi) is 4.49. The Morgan fingerprint density at radius 3 is 2.15 bits per heavy atom. The average molecular weight is 357 g/mol. The number of hydrogen-bond donors (Lipinski definition) is 0. The van der Waals surface area contributed by atoms with E-state index in [-0.39, 0.29) is 33.8 Å². The molecule has 2 aromatic carbocycles. The predicted octanol–water partition coefficient (Wildman–Crippen LogP) is 3.39. The summed E-state index contributed by atoms with van der Waals surface area (Å²) in [6, 6.07) is 9.32. The van der Waals surface area contributed by atoms with Crippen LogP contribution in [0.2, 0.25) is 0 Å². The second kappa shape index (κ2) is 6.75. The number of ether oxygens (including phenoxy) is 3. The molecule has 0 atom stereocenters. The molecular formula is C18H15NO7. The van der Waals surface area contributed by atoms with Crippen LogP contribution in [-0.4, -0.2) is 26.3 Å². The topological polar surface area (TPSA) is 101 Å². The fourth-order valence-electron chi connectivity index (χ4n) is 2.71. The minimum atomic E-state index is -0.753. The Morgan fingerprint density at radius 2 is 1.62 bits per heavy atom. The van der Waals surface area contributed by atoms with E-state index in [1.165, 1.54) is 39.5 Å². The van der Waals surface area contributed by atoms with Gasteiger partial charge in [-0.15, -0.1) is 0 Å². The lowest BCUT2D eigenvalue weighted by atomic mass is 10.1. The maximum atomic E-state index is 12.6. The third-order valence-corrected chi connectivity index (χ3v) is 3.88. The van der Waals surface area contributed by atoms with E-state index >= 15 is 0 Å². The zero-order valence-electron chi connectivity index (χ0n) is 14.3. The molecule has 8 nitrogen and oxygen atoms in total. The van der Waals surface area contributed by atoms with Crippen LogP contribution >= 0.6 is 0 Å². The van der Waals surface area contributed by atoms with Crippen molar-refractivity contribution in [3.63, 3.8) is 0 Å². The summed E-state index contributed by atoms with van der Waals surface area (Å²) in [5, 5.41) is 11.7. The summed E-state index contributed by atoms with van der Waals surface area (Å²) in [6.45, 7) is 0. The van der Waals surface area contributed by atoms with Gasteiger partial charge in [-0.2, -0.15) is 0 Å². The molecule has 3 aromatic rings. The lowest BCUT2D eigenvalue weighted by Crippen LogP contribution is -2.10. The quantitative estimate of drug-likeness (QED) is 0.509. The lowest BCUT2D eigenvalue weighted by molar-refractivity contribution is -0.386. The van der Waals surface area contributed by atoms with Crippen molar-refractivity contribution in [3.8, 4) is 28.6 Å². The molecule has 3 rings (SSSR count). The Morgan fingerprint density at radius 1 is 1.00 bits per heavy atom. The van der Waals surface area contributed by atoms with Crippen molar-refractivity contribution >= 4 is 16.7 Å². The molecular weight excluding hydrogens is 342 g/mol. The van der Waals surface area contributed by atoms with Crippen molar-refractivity contribution in [2.45, 2.75) is 0 Å². The van der Waals surface area contributed by atoms with Crippen LogP contribution < -0.4 is 19.6 Å². The van der Waals surface area contributed by atoms with Gasteiger partial charge >= 0.3 is 5.69 Å². The Labute approximate surface area is 147 Å². The fraction of sp³-hybridized carbons (Fsp3) is 0.167. The maximum absolute atomic E-state index is 12.6. The van der Waals surface area contributed by atoms with Crippen LogP contribution in [0.1, 0.15) is 0 Å². The van der Waals surface area contributed by atoms with Crippen molar-refractivity contribution in [1.29, 1.82) is 0 Å². The largest absolute Gasteiger partial charge is 0.493 e. The van der Waals surface area contributed by atoms with Gasteiger partial charge in [0.15, 0.2) is 11.5 Å². The van der Waals surface area contributed by atoms with Gasteiger partial charge in [-0.05, 0) is 24.3 Å². The highest BCUT2D eigenvalue weighted by Gasteiger charge is 2.27. The number of hydrogen-bond acceptors (Lipinski definition) is 7. The van der Waals surface area contributed by atoms with Crippen LogP contribution in [0.15, 0.2) is 45.6 Å². The van der Waals surface area contributed by atoms with Gasteiger partial charge in [0.25, 0.3) is 5.43 Å². The number of nitrogens with zero attached hydrogens (tertiary/aromatic N) is 1. The normalized spacial score (nSPS) is 10.6. The highest BCUT2D eigenvalue weighted by molar-refractivity contribution is 5.84. The third kappa shape index (κ3) is 2.71. The summed E-state index contributed by atoms with van der Waals surface area (Å²) in [5.74, 6) is 0.710. The Balaban J connectivity index is 2.40. The predicted molar refractivity (Wildman–Crippen MR) is 94.2 cm³/mol. The smallest absolute Gasteiger partial charge is 0.359 e. The Bertz CT molecular complexity index is 1030. The number of rotatable bonds is 5. The standard InChI is InChI=1S/C18H15NO7/c1-23-13-8-10(9-14(24-2)18(13)25-3)17-15(19(21)22)16(20)11-6-4-5-7-12(11)26-17/h4-9H,1-3H3. The number of fused-ring (bicyclic) bond motifs is 1. The van der Waals surface area contributed by atoms with E-state index in [0.29, 0.717) is 5.75 Å². The molecule has 1 aromatic heterocycles. The molecule has 0 unspecified atom stereocenters. The van der Waals surface area contributed by atoms with Crippen LogP contribution in [0.25, 0.3) is 22.3 Å². The molecule has 0 bridgehead atoms. The zero-order valence-corrected chi connectivity index (χ0v) is 14.3. The van der Waals surface area contributed by atoms with Crippen molar-refractivity contribution in [3.05, 3.63) is 56.7 Å². The number of benzene rings is 2. The molecule has 0 amide bonds. The first-order valence-corrected chi connectivity index (χ1v) is 7.52. The first kappa shape index (κ1) is 17.3. The molecule has 134 valence electrons. The summed E-state index contributed by atoms with van der Waals surface area (Å²) in [6.07, 6.45) is 0. The average Bonchev–Trinajstić information content (AvgIpc) is 2.66. The maximum Gasteiger partial charge on any atom is 0.359 e. The van der Waals surface area contributed by atoms with Gasteiger partial charge in [0, 0.05) is 5.56 Å². The highest BCUT2D eigenvalue weighted by atomic mass is 16.6. The minimum Gasteiger partial charge on any atom is -0.493 e. The second-order valence-corrected chi connectivity index (χ2v) is 5.28. The van der Waals surface area contributed by atoms with Gasteiger partial charge in [-0.3, -0.25) is 14.9 Å². The van der Waals surface area contributed by atoms with Crippen LogP contribution in [0.3, 0.4) is 0 Å². The molecule has 1 heterocycles. The summed E-state index contributed by atoms with van der Waals surface area (Å²) in [7, 11) is 4.29. The molecule has 8 heteroatoms. The highest BCUT2D eigenvalue weighted by Crippen LogP contribution is 2.43. The Hall–Kier alpha value is -3.55. The van der Waals surface area contributed by atoms with Crippen molar-refractivity contribution in [2.75, 3.05) is 21.3 Å². The van der Waals surface area contributed by atoms with E-state index in [1.54, 1.807) is 18.2 Å². The first-order valence-electron chi connectivity index (χ1n) is 7.52. The number of methoxy groups -OCH3 is 3. The third-order valence-electron chi connectivity index (χ3n) is 3.88. The molecule has 0 saturated heterocycles. The molecule has 0 aliphatic rings. The molecule has 0 saturated carbocycles.